The molecular formula is C15H21N5. The smallest absolute Gasteiger partial charge is 0.0672 e. The van der Waals surface area contributed by atoms with Gasteiger partial charge in [-0.2, -0.15) is 5.10 Å². The maximum atomic E-state index is 6.23. The first-order valence-electron chi connectivity index (χ1n) is 7.53. The second kappa shape index (κ2) is 4.66. The van der Waals surface area contributed by atoms with Crippen LogP contribution in [0.15, 0.2) is 18.3 Å². The number of anilines is 2. The van der Waals surface area contributed by atoms with Crippen LogP contribution in [0.3, 0.4) is 0 Å². The van der Waals surface area contributed by atoms with Crippen LogP contribution in [0.25, 0.3) is 10.9 Å². The lowest BCUT2D eigenvalue weighted by molar-refractivity contribution is 0.260. The number of aromatic nitrogens is 2. The number of aromatic amines is 1. The van der Waals surface area contributed by atoms with Crippen LogP contribution in [0.5, 0.6) is 0 Å². The molecule has 106 valence electrons. The molecule has 0 amide bonds. The van der Waals surface area contributed by atoms with Crippen LogP contribution < -0.4 is 10.6 Å². The molecule has 0 saturated carbocycles. The van der Waals surface area contributed by atoms with E-state index < -0.39 is 0 Å². The molecule has 5 heteroatoms. The van der Waals surface area contributed by atoms with Crippen molar-refractivity contribution in [3.05, 3.63) is 18.3 Å². The van der Waals surface area contributed by atoms with Crippen molar-refractivity contribution in [2.24, 2.45) is 0 Å². The molecule has 1 atom stereocenters. The largest absolute Gasteiger partial charge is 0.397 e. The summed E-state index contributed by atoms with van der Waals surface area (Å²) in [6, 6.07) is 4.87. The molecule has 0 spiro atoms. The first-order chi connectivity index (χ1) is 9.81. The first kappa shape index (κ1) is 12.0. The summed E-state index contributed by atoms with van der Waals surface area (Å²) in [4.78, 5) is 5.07. The van der Waals surface area contributed by atoms with Gasteiger partial charge in [0, 0.05) is 24.5 Å². The van der Waals surface area contributed by atoms with Gasteiger partial charge in [0.05, 0.1) is 23.1 Å². The quantitative estimate of drug-likeness (QED) is 0.818. The highest BCUT2D eigenvalue weighted by Crippen LogP contribution is 2.32. The summed E-state index contributed by atoms with van der Waals surface area (Å²) in [7, 11) is 0. The molecule has 2 fully saturated rings. The second-order valence-electron chi connectivity index (χ2n) is 6.00. The molecule has 3 N–H and O–H groups in total. The highest BCUT2D eigenvalue weighted by molar-refractivity contribution is 5.89. The number of hydrogen-bond acceptors (Lipinski definition) is 4. The van der Waals surface area contributed by atoms with Crippen molar-refractivity contribution in [3.8, 4) is 0 Å². The van der Waals surface area contributed by atoms with Crippen molar-refractivity contribution < 1.29 is 0 Å². The fraction of sp³-hybridized carbons (Fsp3) is 0.533. The summed E-state index contributed by atoms with van der Waals surface area (Å²) in [5, 5.41) is 8.20. The maximum Gasteiger partial charge on any atom is 0.0672 e. The van der Waals surface area contributed by atoms with E-state index in [1.165, 1.54) is 32.4 Å². The van der Waals surface area contributed by atoms with Gasteiger partial charge in [0.25, 0.3) is 0 Å². The van der Waals surface area contributed by atoms with Gasteiger partial charge in [-0.3, -0.25) is 10.00 Å². The van der Waals surface area contributed by atoms with Crippen LogP contribution >= 0.6 is 0 Å². The van der Waals surface area contributed by atoms with Crippen molar-refractivity contribution >= 4 is 22.3 Å². The molecule has 2 saturated heterocycles. The average molecular weight is 271 g/mol. The second-order valence-corrected chi connectivity index (χ2v) is 6.00. The fourth-order valence-corrected chi connectivity index (χ4v) is 3.64. The molecule has 1 aromatic carbocycles. The van der Waals surface area contributed by atoms with Gasteiger partial charge in [-0.05, 0) is 44.5 Å². The number of hydrogen-bond donors (Lipinski definition) is 2. The normalized spacial score (nSPS) is 24.0. The van der Waals surface area contributed by atoms with Crippen LogP contribution in [0.2, 0.25) is 0 Å². The van der Waals surface area contributed by atoms with E-state index in [-0.39, 0.29) is 0 Å². The van der Waals surface area contributed by atoms with E-state index in [0.29, 0.717) is 6.04 Å². The molecule has 2 aromatic rings. The van der Waals surface area contributed by atoms with Crippen LogP contribution in [0.1, 0.15) is 19.3 Å². The van der Waals surface area contributed by atoms with Crippen LogP contribution in [-0.4, -0.2) is 47.3 Å². The lowest BCUT2D eigenvalue weighted by Crippen LogP contribution is -2.35. The summed E-state index contributed by atoms with van der Waals surface area (Å²) < 4.78 is 0. The van der Waals surface area contributed by atoms with E-state index in [1.807, 2.05) is 12.3 Å². The zero-order valence-electron chi connectivity index (χ0n) is 11.7. The van der Waals surface area contributed by atoms with E-state index >= 15 is 0 Å². The predicted octanol–water partition coefficient (Wildman–Crippen LogP) is 1.82. The Morgan fingerprint density at radius 1 is 1.20 bits per heavy atom. The van der Waals surface area contributed by atoms with E-state index in [2.05, 4.69) is 26.1 Å². The van der Waals surface area contributed by atoms with Crippen LogP contribution in [0, 0.1) is 0 Å². The number of benzene rings is 1. The number of H-pyrrole nitrogens is 1. The molecule has 0 aliphatic carbocycles. The number of nitrogens with one attached hydrogen (secondary N) is 1. The SMILES string of the molecule is Nc1cc2cn[nH]c2cc1N1CCC(N2CCCC2)C1. The Bertz CT molecular complexity index is 614. The van der Waals surface area contributed by atoms with Gasteiger partial charge in [-0.1, -0.05) is 0 Å². The number of nitrogens with zero attached hydrogens (tertiary/aromatic N) is 3. The van der Waals surface area contributed by atoms with Crippen molar-refractivity contribution in [2.75, 3.05) is 36.8 Å². The lowest BCUT2D eigenvalue weighted by Gasteiger charge is -2.25. The molecule has 5 nitrogen and oxygen atoms in total. The third-order valence-corrected chi connectivity index (χ3v) is 4.75. The molecule has 0 radical (unpaired) electrons. The Morgan fingerprint density at radius 3 is 2.90 bits per heavy atom. The Kier molecular flexibility index (Phi) is 2.80. The zero-order chi connectivity index (χ0) is 13.5. The molecule has 1 unspecified atom stereocenters. The van der Waals surface area contributed by atoms with E-state index in [9.17, 15) is 0 Å². The average Bonchev–Trinajstić information content (AvgIpc) is 3.18. The summed E-state index contributed by atoms with van der Waals surface area (Å²) in [6.45, 7) is 4.75. The number of rotatable bonds is 2. The Morgan fingerprint density at radius 2 is 2.05 bits per heavy atom. The zero-order valence-corrected chi connectivity index (χ0v) is 11.7. The summed E-state index contributed by atoms with van der Waals surface area (Å²) in [6.07, 6.45) is 5.80. The lowest BCUT2D eigenvalue weighted by atomic mass is 10.2. The molecule has 2 aliphatic rings. The molecule has 2 aliphatic heterocycles. The highest BCUT2D eigenvalue weighted by atomic mass is 15.3. The van der Waals surface area contributed by atoms with Gasteiger partial charge < -0.3 is 10.6 Å². The van der Waals surface area contributed by atoms with E-state index in [1.54, 1.807) is 0 Å². The van der Waals surface area contributed by atoms with E-state index in [4.69, 9.17) is 5.73 Å². The Balaban J connectivity index is 1.58. The number of likely N-dealkylation sites (tertiary alicyclic amines) is 1. The monoisotopic (exact) mass is 271 g/mol. The maximum absolute atomic E-state index is 6.23. The predicted molar refractivity (Wildman–Crippen MR) is 81.9 cm³/mol. The van der Waals surface area contributed by atoms with Crippen molar-refractivity contribution in [1.29, 1.82) is 0 Å². The Labute approximate surface area is 118 Å². The molecule has 0 bridgehead atoms. The van der Waals surface area contributed by atoms with Crippen molar-refractivity contribution in [1.82, 2.24) is 15.1 Å². The summed E-state index contributed by atoms with van der Waals surface area (Å²) in [5.41, 5.74) is 9.31. The molecule has 3 heterocycles. The van der Waals surface area contributed by atoms with Crippen LogP contribution in [-0.2, 0) is 0 Å². The minimum atomic E-state index is 0.703. The van der Waals surface area contributed by atoms with Gasteiger partial charge >= 0.3 is 0 Å². The minimum Gasteiger partial charge on any atom is -0.397 e. The molecule has 4 rings (SSSR count). The fourth-order valence-electron chi connectivity index (χ4n) is 3.64. The van der Waals surface area contributed by atoms with Gasteiger partial charge in [0.1, 0.15) is 0 Å². The van der Waals surface area contributed by atoms with Crippen molar-refractivity contribution in [2.45, 2.75) is 25.3 Å². The molecule has 20 heavy (non-hydrogen) atoms. The number of fused-ring (bicyclic) bond motifs is 1. The molecule has 1 aromatic heterocycles. The standard InChI is InChI=1S/C15H21N5/c16-13-7-11-9-17-18-14(11)8-15(13)20-6-3-12(10-20)19-4-1-2-5-19/h7-9,12H,1-6,10,16H2,(H,17,18). The highest BCUT2D eigenvalue weighted by Gasteiger charge is 2.30. The summed E-state index contributed by atoms with van der Waals surface area (Å²) >= 11 is 0. The number of nitrogens with two attached hydrogens (primary N) is 1. The topological polar surface area (TPSA) is 61.2 Å². The van der Waals surface area contributed by atoms with Gasteiger partial charge in [-0.25, -0.2) is 0 Å². The van der Waals surface area contributed by atoms with Crippen LogP contribution in [0.4, 0.5) is 11.4 Å². The van der Waals surface area contributed by atoms with E-state index in [0.717, 1.165) is 35.4 Å². The third-order valence-electron chi connectivity index (χ3n) is 4.75. The van der Waals surface area contributed by atoms with Gasteiger partial charge in [-0.15, -0.1) is 0 Å². The van der Waals surface area contributed by atoms with Gasteiger partial charge in [0.2, 0.25) is 0 Å². The molecular weight excluding hydrogens is 250 g/mol. The van der Waals surface area contributed by atoms with Crippen molar-refractivity contribution in [3.63, 3.8) is 0 Å². The third kappa shape index (κ3) is 1.93. The summed E-state index contributed by atoms with van der Waals surface area (Å²) in [5.74, 6) is 0. The number of nitrogen functional groups attached to an aromatic ring is 1. The first-order valence-corrected chi connectivity index (χ1v) is 7.53. The van der Waals surface area contributed by atoms with Gasteiger partial charge in [0.15, 0.2) is 0 Å². The Hall–Kier alpha value is -1.75. The minimum absolute atomic E-state index is 0.703.